The molecule has 0 saturated carbocycles. The summed E-state index contributed by atoms with van der Waals surface area (Å²) in [4.78, 5) is 4.65. The second kappa shape index (κ2) is 5.95. The van der Waals surface area contributed by atoms with Crippen molar-refractivity contribution in [3.63, 3.8) is 0 Å². The molecule has 2 heterocycles. The SMILES string of the molecule is CC[C@H]1CN(S(=O)(=O)c2ccc(C)c3ncccc23)CCO1. The van der Waals surface area contributed by atoms with E-state index in [1.54, 1.807) is 18.3 Å². The van der Waals surface area contributed by atoms with Crippen LogP contribution in [0.3, 0.4) is 0 Å². The van der Waals surface area contributed by atoms with E-state index in [9.17, 15) is 8.42 Å². The Morgan fingerprint density at radius 2 is 2.18 bits per heavy atom. The first-order valence-electron chi connectivity index (χ1n) is 7.50. The van der Waals surface area contributed by atoms with Crippen LogP contribution in [0.25, 0.3) is 10.9 Å². The summed E-state index contributed by atoms with van der Waals surface area (Å²) in [7, 11) is -3.54. The highest BCUT2D eigenvalue weighted by molar-refractivity contribution is 7.89. The number of hydrogen-bond acceptors (Lipinski definition) is 4. The molecule has 0 bridgehead atoms. The Morgan fingerprint density at radius 3 is 2.95 bits per heavy atom. The molecule has 1 aromatic heterocycles. The third kappa shape index (κ3) is 2.62. The van der Waals surface area contributed by atoms with Crippen LogP contribution in [0.1, 0.15) is 18.9 Å². The molecule has 1 saturated heterocycles. The number of aromatic nitrogens is 1. The van der Waals surface area contributed by atoms with Crippen molar-refractivity contribution in [2.24, 2.45) is 0 Å². The highest BCUT2D eigenvalue weighted by atomic mass is 32.2. The fourth-order valence-electron chi connectivity index (χ4n) is 2.81. The molecule has 1 aliphatic rings. The molecule has 0 spiro atoms. The van der Waals surface area contributed by atoms with Crippen molar-refractivity contribution in [3.8, 4) is 0 Å². The van der Waals surface area contributed by atoms with E-state index in [1.807, 2.05) is 26.0 Å². The topological polar surface area (TPSA) is 59.5 Å². The van der Waals surface area contributed by atoms with E-state index in [0.29, 0.717) is 30.0 Å². The van der Waals surface area contributed by atoms with Crippen LogP contribution in [-0.4, -0.2) is 43.5 Å². The van der Waals surface area contributed by atoms with Gasteiger partial charge in [-0.05, 0) is 37.1 Å². The van der Waals surface area contributed by atoms with Crippen LogP contribution < -0.4 is 0 Å². The van der Waals surface area contributed by atoms with Crippen LogP contribution in [0.5, 0.6) is 0 Å². The maximum absolute atomic E-state index is 13.0. The van der Waals surface area contributed by atoms with E-state index in [2.05, 4.69) is 4.98 Å². The van der Waals surface area contributed by atoms with Gasteiger partial charge in [-0.2, -0.15) is 4.31 Å². The van der Waals surface area contributed by atoms with E-state index < -0.39 is 10.0 Å². The Labute approximate surface area is 131 Å². The van der Waals surface area contributed by atoms with Gasteiger partial charge in [-0.25, -0.2) is 8.42 Å². The first-order chi connectivity index (χ1) is 10.5. The molecule has 118 valence electrons. The summed E-state index contributed by atoms with van der Waals surface area (Å²) in [5.74, 6) is 0. The van der Waals surface area contributed by atoms with Gasteiger partial charge in [0.25, 0.3) is 0 Å². The highest BCUT2D eigenvalue weighted by Crippen LogP contribution is 2.28. The standard InChI is InChI=1S/C16H20N2O3S/c1-3-13-11-18(9-10-21-13)22(19,20)15-7-6-12(2)16-14(15)5-4-8-17-16/h4-8,13H,3,9-11H2,1-2H3/t13-/m0/s1. The molecular weight excluding hydrogens is 300 g/mol. The summed E-state index contributed by atoms with van der Waals surface area (Å²) in [5.41, 5.74) is 1.71. The number of aryl methyl sites for hydroxylation is 1. The predicted octanol–water partition coefficient (Wildman–Crippen LogP) is 2.34. The Hall–Kier alpha value is -1.50. The van der Waals surface area contributed by atoms with Crippen LogP contribution in [0.4, 0.5) is 0 Å². The number of hydrogen-bond donors (Lipinski definition) is 0. The lowest BCUT2D eigenvalue weighted by molar-refractivity contribution is -0.00275. The van der Waals surface area contributed by atoms with E-state index in [1.165, 1.54) is 4.31 Å². The van der Waals surface area contributed by atoms with Crippen LogP contribution in [0.2, 0.25) is 0 Å². The molecule has 22 heavy (non-hydrogen) atoms. The van der Waals surface area contributed by atoms with Crippen molar-refractivity contribution in [1.82, 2.24) is 9.29 Å². The lowest BCUT2D eigenvalue weighted by atomic mass is 10.1. The summed E-state index contributed by atoms with van der Waals surface area (Å²) in [6.45, 7) is 5.20. The zero-order valence-electron chi connectivity index (χ0n) is 12.8. The van der Waals surface area contributed by atoms with Crippen molar-refractivity contribution in [3.05, 3.63) is 36.0 Å². The van der Waals surface area contributed by atoms with Crippen LogP contribution >= 0.6 is 0 Å². The molecule has 1 fully saturated rings. The van der Waals surface area contributed by atoms with E-state index >= 15 is 0 Å². The molecule has 0 N–H and O–H groups in total. The van der Waals surface area contributed by atoms with Gasteiger partial charge in [0.05, 0.1) is 23.1 Å². The van der Waals surface area contributed by atoms with Crippen molar-refractivity contribution in [1.29, 1.82) is 0 Å². The molecule has 0 radical (unpaired) electrons. The van der Waals surface area contributed by atoms with Gasteiger partial charge in [-0.3, -0.25) is 4.98 Å². The predicted molar refractivity (Wildman–Crippen MR) is 85.3 cm³/mol. The molecule has 3 rings (SSSR count). The lowest BCUT2D eigenvalue weighted by Crippen LogP contribution is -2.45. The number of morpholine rings is 1. The third-order valence-corrected chi connectivity index (χ3v) is 6.03. The molecule has 5 nitrogen and oxygen atoms in total. The molecule has 1 atom stereocenters. The number of sulfonamides is 1. The molecule has 0 unspecified atom stereocenters. The maximum Gasteiger partial charge on any atom is 0.243 e. The largest absolute Gasteiger partial charge is 0.375 e. The zero-order valence-corrected chi connectivity index (χ0v) is 13.6. The normalized spacial score (nSPS) is 20.4. The van der Waals surface area contributed by atoms with Gasteiger partial charge in [0, 0.05) is 24.7 Å². The average molecular weight is 320 g/mol. The van der Waals surface area contributed by atoms with Crippen LogP contribution in [-0.2, 0) is 14.8 Å². The number of pyridine rings is 1. The van der Waals surface area contributed by atoms with Gasteiger partial charge >= 0.3 is 0 Å². The van der Waals surface area contributed by atoms with Crippen molar-refractivity contribution in [2.45, 2.75) is 31.3 Å². The molecule has 2 aromatic rings. The highest BCUT2D eigenvalue weighted by Gasteiger charge is 2.31. The molecule has 0 aliphatic carbocycles. The fourth-order valence-corrected chi connectivity index (χ4v) is 4.45. The molecular formula is C16H20N2O3S. The Morgan fingerprint density at radius 1 is 1.36 bits per heavy atom. The molecule has 1 aliphatic heterocycles. The number of fused-ring (bicyclic) bond motifs is 1. The molecule has 1 aromatic carbocycles. The summed E-state index contributed by atoms with van der Waals surface area (Å²) in [6.07, 6.45) is 2.47. The second-order valence-corrected chi connectivity index (χ2v) is 7.45. The number of benzene rings is 1. The fraction of sp³-hybridized carbons (Fsp3) is 0.438. The Kier molecular flexibility index (Phi) is 4.16. The monoisotopic (exact) mass is 320 g/mol. The van der Waals surface area contributed by atoms with E-state index in [0.717, 1.165) is 17.5 Å². The minimum absolute atomic E-state index is 0.0293. The maximum atomic E-state index is 13.0. The number of rotatable bonds is 3. The van der Waals surface area contributed by atoms with Crippen LogP contribution in [0, 0.1) is 6.92 Å². The van der Waals surface area contributed by atoms with Gasteiger partial charge in [-0.15, -0.1) is 0 Å². The smallest absolute Gasteiger partial charge is 0.243 e. The van der Waals surface area contributed by atoms with Gasteiger partial charge < -0.3 is 4.74 Å². The number of nitrogens with zero attached hydrogens (tertiary/aromatic N) is 2. The molecule has 0 amide bonds. The average Bonchev–Trinajstić information content (AvgIpc) is 2.55. The minimum Gasteiger partial charge on any atom is -0.375 e. The van der Waals surface area contributed by atoms with E-state index in [4.69, 9.17) is 4.74 Å². The van der Waals surface area contributed by atoms with Gasteiger partial charge in [-0.1, -0.05) is 13.0 Å². The minimum atomic E-state index is -3.54. The first-order valence-corrected chi connectivity index (χ1v) is 8.94. The number of ether oxygens (including phenoxy) is 1. The van der Waals surface area contributed by atoms with Gasteiger partial charge in [0.15, 0.2) is 0 Å². The van der Waals surface area contributed by atoms with Gasteiger partial charge in [0.1, 0.15) is 0 Å². The zero-order chi connectivity index (χ0) is 15.7. The van der Waals surface area contributed by atoms with Crippen molar-refractivity contribution >= 4 is 20.9 Å². The van der Waals surface area contributed by atoms with Crippen molar-refractivity contribution < 1.29 is 13.2 Å². The summed E-state index contributed by atoms with van der Waals surface area (Å²) < 4.78 is 33.1. The summed E-state index contributed by atoms with van der Waals surface area (Å²) in [6, 6.07) is 7.10. The van der Waals surface area contributed by atoms with Crippen LogP contribution in [0.15, 0.2) is 35.4 Å². The second-order valence-electron chi connectivity index (χ2n) is 5.54. The third-order valence-electron chi connectivity index (χ3n) is 4.11. The van der Waals surface area contributed by atoms with Gasteiger partial charge in [0.2, 0.25) is 10.0 Å². The van der Waals surface area contributed by atoms with Crippen molar-refractivity contribution in [2.75, 3.05) is 19.7 Å². The lowest BCUT2D eigenvalue weighted by Gasteiger charge is -2.31. The summed E-state index contributed by atoms with van der Waals surface area (Å²) >= 11 is 0. The Balaban J connectivity index is 2.08. The first kappa shape index (κ1) is 15.4. The molecule has 6 heteroatoms. The Bertz CT molecular complexity index is 789. The quantitative estimate of drug-likeness (QED) is 0.871. The summed E-state index contributed by atoms with van der Waals surface area (Å²) in [5, 5.41) is 0.682. The van der Waals surface area contributed by atoms with E-state index in [-0.39, 0.29) is 6.10 Å².